The van der Waals surface area contributed by atoms with Gasteiger partial charge >= 0.3 is 6.18 Å². The Labute approximate surface area is 115 Å². The second-order valence-electron chi connectivity index (χ2n) is 4.20. The fourth-order valence-corrected chi connectivity index (χ4v) is 1.55. The molecule has 20 heavy (non-hydrogen) atoms. The van der Waals surface area contributed by atoms with Crippen LogP contribution in [0.5, 0.6) is 0 Å². The van der Waals surface area contributed by atoms with Crippen LogP contribution < -0.4 is 10.6 Å². The highest BCUT2D eigenvalue weighted by molar-refractivity contribution is 5.43. The van der Waals surface area contributed by atoms with Crippen LogP contribution in [0, 0.1) is 0 Å². The normalized spacial score (nSPS) is 11.4. The minimum atomic E-state index is -4.50. The van der Waals surface area contributed by atoms with Crippen molar-refractivity contribution in [3.8, 4) is 0 Å². The van der Waals surface area contributed by atoms with Gasteiger partial charge in [0, 0.05) is 25.8 Å². The zero-order valence-electron chi connectivity index (χ0n) is 11.3. The molecule has 1 aromatic rings. The van der Waals surface area contributed by atoms with Crippen molar-refractivity contribution >= 4 is 11.8 Å². The Morgan fingerprint density at radius 1 is 1.15 bits per heavy atom. The minimum absolute atomic E-state index is 0.0415. The van der Waals surface area contributed by atoms with E-state index in [9.17, 15) is 13.2 Å². The van der Waals surface area contributed by atoms with E-state index in [1.807, 2.05) is 0 Å². The van der Waals surface area contributed by atoms with Crippen molar-refractivity contribution in [2.45, 2.75) is 32.4 Å². The third-order valence-electron chi connectivity index (χ3n) is 2.49. The first kappa shape index (κ1) is 16.5. The first-order chi connectivity index (χ1) is 9.47. The summed E-state index contributed by atoms with van der Waals surface area (Å²) in [6, 6.07) is 0.896. The van der Waals surface area contributed by atoms with Crippen LogP contribution in [0.3, 0.4) is 0 Å². The number of aliphatic hydroxyl groups excluding tert-OH is 1. The van der Waals surface area contributed by atoms with E-state index in [1.165, 1.54) is 0 Å². The van der Waals surface area contributed by atoms with Crippen molar-refractivity contribution in [2.75, 3.05) is 30.3 Å². The molecular weight excluding hydrogens is 273 g/mol. The summed E-state index contributed by atoms with van der Waals surface area (Å²) in [7, 11) is 0. The molecule has 114 valence electrons. The molecule has 0 spiro atoms. The van der Waals surface area contributed by atoms with Gasteiger partial charge in [0.25, 0.3) is 0 Å². The Balaban J connectivity index is 2.71. The quantitative estimate of drug-likeness (QED) is 0.642. The average Bonchev–Trinajstić information content (AvgIpc) is 2.38. The van der Waals surface area contributed by atoms with Crippen molar-refractivity contribution in [3.63, 3.8) is 0 Å². The van der Waals surface area contributed by atoms with Crippen LogP contribution in [0.4, 0.5) is 24.9 Å². The van der Waals surface area contributed by atoms with Gasteiger partial charge in [-0.2, -0.15) is 18.2 Å². The van der Waals surface area contributed by atoms with Crippen LogP contribution in [-0.2, 0) is 6.18 Å². The maximum atomic E-state index is 12.7. The largest absolute Gasteiger partial charge is 0.433 e. The minimum Gasteiger partial charge on any atom is -0.396 e. The lowest BCUT2D eigenvalue weighted by molar-refractivity contribution is -0.141. The van der Waals surface area contributed by atoms with E-state index >= 15 is 0 Å². The van der Waals surface area contributed by atoms with Crippen molar-refractivity contribution in [3.05, 3.63) is 11.8 Å². The fraction of sp³-hybridized carbons (Fsp3) is 0.667. The van der Waals surface area contributed by atoms with Crippen molar-refractivity contribution in [1.82, 2.24) is 9.97 Å². The smallest absolute Gasteiger partial charge is 0.396 e. The number of nitrogens with zero attached hydrogens (tertiary/aromatic N) is 2. The van der Waals surface area contributed by atoms with Gasteiger partial charge in [0.15, 0.2) is 5.69 Å². The number of anilines is 2. The van der Waals surface area contributed by atoms with Gasteiger partial charge in [-0.05, 0) is 26.2 Å². The Bertz CT molecular complexity index is 412. The van der Waals surface area contributed by atoms with Crippen LogP contribution in [-0.4, -0.2) is 34.8 Å². The van der Waals surface area contributed by atoms with Gasteiger partial charge in [-0.1, -0.05) is 0 Å². The molecule has 0 unspecified atom stereocenters. The van der Waals surface area contributed by atoms with E-state index < -0.39 is 11.9 Å². The molecule has 0 saturated heterocycles. The molecule has 0 bridgehead atoms. The second-order valence-corrected chi connectivity index (χ2v) is 4.20. The molecule has 3 N–H and O–H groups in total. The van der Waals surface area contributed by atoms with Crippen LogP contribution in [0.1, 0.15) is 31.9 Å². The highest BCUT2D eigenvalue weighted by Gasteiger charge is 2.33. The number of nitrogens with one attached hydrogen (secondary N) is 2. The summed E-state index contributed by atoms with van der Waals surface area (Å²) in [5, 5.41) is 14.1. The van der Waals surface area contributed by atoms with Gasteiger partial charge in [0.05, 0.1) is 0 Å². The number of hydrogen-bond donors (Lipinski definition) is 3. The summed E-state index contributed by atoms with van der Waals surface area (Å²) in [5.74, 6) is 0.104. The predicted molar refractivity (Wildman–Crippen MR) is 70.6 cm³/mol. The zero-order chi connectivity index (χ0) is 15.0. The molecule has 8 heteroatoms. The molecule has 1 aromatic heterocycles. The number of hydrogen-bond acceptors (Lipinski definition) is 5. The molecule has 0 atom stereocenters. The third kappa shape index (κ3) is 5.60. The van der Waals surface area contributed by atoms with E-state index in [-0.39, 0.29) is 18.4 Å². The number of unbranched alkanes of at least 4 members (excludes halogenated alkanes) is 2. The molecule has 0 fully saturated rings. The lowest BCUT2D eigenvalue weighted by Crippen LogP contribution is -2.14. The third-order valence-corrected chi connectivity index (χ3v) is 2.49. The highest BCUT2D eigenvalue weighted by atomic mass is 19.4. The molecule has 5 nitrogen and oxygen atoms in total. The molecule has 1 heterocycles. The maximum absolute atomic E-state index is 12.7. The zero-order valence-corrected chi connectivity index (χ0v) is 11.3. The number of halogens is 3. The van der Waals surface area contributed by atoms with Crippen molar-refractivity contribution < 1.29 is 18.3 Å². The van der Waals surface area contributed by atoms with Crippen molar-refractivity contribution in [2.24, 2.45) is 0 Å². The van der Waals surface area contributed by atoms with E-state index in [2.05, 4.69) is 20.6 Å². The molecule has 0 aromatic carbocycles. The molecule has 1 rings (SSSR count). The number of rotatable bonds is 8. The molecule has 0 aliphatic rings. The SMILES string of the molecule is CCNc1nc(NCCCCCO)cc(C(F)(F)F)n1. The monoisotopic (exact) mass is 292 g/mol. The Hall–Kier alpha value is -1.57. The standard InChI is InChI=1S/C12H19F3N4O/c1-2-16-11-18-9(12(13,14)15)8-10(19-11)17-6-4-3-5-7-20/h8,20H,2-7H2,1H3,(H2,16,17,18,19). The van der Waals surface area contributed by atoms with Gasteiger partial charge in [0.2, 0.25) is 5.95 Å². The number of aromatic nitrogens is 2. The molecule has 0 saturated carbocycles. The molecule has 0 aliphatic heterocycles. The topological polar surface area (TPSA) is 70.1 Å². The molecular formula is C12H19F3N4O. The lowest BCUT2D eigenvalue weighted by Gasteiger charge is -2.12. The van der Waals surface area contributed by atoms with E-state index in [0.29, 0.717) is 19.5 Å². The van der Waals surface area contributed by atoms with E-state index in [1.54, 1.807) is 6.92 Å². The van der Waals surface area contributed by atoms with Gasteiger partial charge in [-0.15, -0.1) is 0 Å². The molecule has 0 aliphatic carbocycles. The first-order valence-corrected chi connectivity index (χ1v) is 6.52. The Kier molecular flexibility index (Phi) is 6.50. The highest BCUT2D eigenvalue weighted by Crippen LogP contribution is 2.29. The van der Waals surface area contributed by atoms with E-state index in [4.69, 9.17) is 5.11 Å². The van der Waals surface area contributed by atoms with Crippen molar-refractivity contribution in [1.29, 1.82) is 0 Å². The Morgan fingerprint density at radius 3 is 2.50 bits per heavy atom. The van der Waals surface area contributed by atoms with Gasteiger partial charge in [-0.3, -0.25) is 0 Å². The van der Waals surface area contributed by atoms with Crippen LogP contribution in [0.2, 0.25) is 0 Å². The summed E-state index contributed by atoms with van der Waals surface area (Å²) >= 11 is 0. The maximum Gasteiger partial charge on any atom is 0.433 e. The molecule has 0 radical (unpaired) electrons. The number of aliphatic hydroxyl groups is 1. The summed E-state index contributed by atoms with van der Waals surface area (Å²) < 4.78 is 38.1. The van der Waals surface area contributed by atoms with Crippen LogP contribution in [0.15, 0.2) is 6.07 Å². The summed E-state index contributed by atoms with van der Waals surface area (Å²) in [6.45, 7) is 2.82. The van der Waals surface area contributed by atoms with Gasteiger partial charge in [-0.25, -0.2) is 4.98 Å². The fourth-order valence-electron chi connectivity index (χ4n) is 1.55. The van der Waals surface area contributed by atoms with Crippen LogP contribution in [0.25, 0.3) is 0 Å². The first-order valence-electron chi connectivity index (χ1n) is 6.52. The lowest BCUT2D eigenvalue weighted by atomic mass is 10.2. The Morgan fingerprint density at radius 2 is 1.90 bits per heavy atom. The summed E-state index contributed by atoms with van der Waals surface area (Å²) in [6.07, 6.45) is -2.26. The summed E-state index contributed by atoms with van der Waals surface area (Å²) in [5.41, 5.74) is -0.971. The summed E-state index contributed by atoms with van der Waals surface area (Å²) in [4.78, 5) is 7.40. The van der Waals surface area contributed by atoms with Crippen LogP contribution >= 0.6 is 0 Å². The second kappa shape index (κ2) is 7.88. The van der Waals surface area contributed by atoms with Gasteiger partial charge in [0.1, 0.15) is 5.82 Å². The predicted octanol–water partition coefficient (Wildman–Crippen LogP) is 2.50. The van der Waals surface area contributed by atoms with E-state index in [0.717, 1.165) is 18.9 Å². The molecule has 0 amide bonds. The average molecular weight is 292 g/mol. The number of alkyl halides is 3. The van der Waals surface area contributed by atoms with Gasteiger partial charge < -0.3 is 15.7 Å².